The van der Waals surface area contributed by atoms with Gasteiger partial charge in [-0.2, -0.15) is 0 Å². The van der Waals surface area contributed by atoms with Gasteiger partial charge in [-0.3, -0.25) is 4.98 Å². The minimum atomic E-state index is 0.562. The van der Waals surface area contributed by atoms with Gasteiger partial charge in [0.15, 0.2) is 0 Å². The lowest BCUT2D eigenvalue weighted by Gasteiger charge is -2.10. The summed E-state index contributed by atoms with van der Waals surface area (Å²) >= 11 is 0. The second-order valence-electron chi connectivity index (χ2n) is 3.67. The van der Waals surface area contributed by atoms with Crippen LogP contribution in [0, 0.1) is 0 Å². The molecule has 3 nitrogen and oxygen atoms in total. The van der Waals surface area contributed by atoms with E-state index in [4.69, 9.17) is 4.74 Å². The molecular formula is C11H16N2O. The maximum absolute atomic E-state index is 5.60. The van der Waals surface area contributed by atoms with Crippen molar-refractivity contribution in [3.8, 4) is 0 Å². The van der Waals surface area contributed by atoms with Gasteiger partial charge in [-0.15, -0.1) is 0 Å². The van der Waals surface area contributed by atoms with E-state index in [1.165, 1.54) is 12.8 Å². The van der Waals surface area contributed by atoms with Crippen LogP contribution >= 0.6 is 0 Å². The second-order valence-corrected chi connectivity index (χ2v) is 3.67. The molecule has 0 unspecified atom stereocenters. The summed E-state index contributed by atoms with van der Waals surface area (Å²) in [5, 5.41) is 3.40. The summed E-state index contributed by atoms with van der Waals surface area (Å²) in [4.78, 5) is 4.04. The van der Waals surface area contributed by atoms with Crippen molar-refractivity contribution >= 4 is 0 Å². The molecule has 1 fully saturated rings. The molecule has 2 heterocycles. The molecule has 1 saturated heterocycles. The molecule has 1 aliphatic heterocycles. The van der Waals surface area contributed by atoms with E-state index in [9.17, 15) is 0 Å². The molecule has 1 aliphatic rings. The number of hydrogen-bond acceptors (Lipinski definition) is 3. The molecule has 14 heavy (non-hydrogen) atoms. The van der Waals surface area contributed by atoms with Gasteiger partial charge < -0.3 is 10.1 Å². The van der Waals surface area contributed by atoms with E-state index in [1.54, 1.807) is 6.20 Å². The van der Waals surface area contributed by atoms with Crippen molar-refractivity contribution in [3.05, 3.63) is 30.1 Å². The number of hydrogen-bond donors (Lipinski definition) is 1. The third-order valence-electron chi connectivity index (χ3n) is 2.47. The molecule has 3 heteroatoms. The van der Waals surface area contributed by atoms with Crippen molar-refractivity contribution < 1.29 is 4.74 Å². The Morgan fingerprint density at radius 1 is 1.57 bits per heavy atom. The lowest BCUT2D eigenvalue weighted by Crippen LogP contribution is -2.26. The van der Waals surface area contributed by atoms with Gasteiger partial charge in [0, 0.05) is 18.4 Å². The monoisotopic (exact) mass is 192 g/mol. The summed E-state index contributed by atoms with van der Waals surface area (Å²) in [5.74, 6) is 0. The van der Waals surface area contributed by atoms with Gasteiger partial charge in [-0.05, 0) is 31.0 Å². The Bertz CT molecular complexity index is 257. The predicted molar refractivity (Wildman–Crippen MR) is 54.9 cm³/mol. The average molecular weight is 192 g/mol. The Morgan fingerprint density at radius 3 is 3.29 bits per heavy atom. The number of aromatic nitrogens is 1. The molecule has 2 rings (SSSR count). The molecule has 0 aliphatic carbocycles. The van der Waals surface area contributed by atoms with Crippen molar-refractivity contribution in [1.82, 2.24) is 10.3 Å². The van der Waals surface area contributed by atoms with E-state index in [-0.39, 0.29) is 0 Å². The fourth-order valence-corrected chi connectivity index (χ4v) is 1.70. The SMILES string of the molecule is c1cncc(COC[C@@H]2CCCN2)c1. The molecule has 0 radical (unpaired) electrons. The summed E-state index contributed by atoms with van der Waals surface area (Å²) in [6.45, 7) is 2.63. The first kappa shape index (κ1) is 9.62. The number of nitrogens with zero attached hydrogens (tertiary/aromatic N) is 1. The van der Waals surface area contributed by atoms with Gasteiger partial charge in [0.25, 0.3) is 0 Å². The van der Waals surface area contributed by atoms with E-state index in [0.717, 1.165) is 18.7 Å². The number of pyridine rings is 1. The lowest BCUT2D eigenvalue weighted by molar-refractivity contribution is 0.103. The van der Waals surface area contributed by atoms with Crippen LogP contribution in [0.1, 0.15) is 18.4 Å². The van der Waals surface area contributed by atoms with Crippen LogP contribution in [-0.2, 0) is 11.3 Å². The fraction of sp³-hybridized carbons (Fsp3) is 0.545. The standard InChI is InChI=1S/C11H16N2O/c1-3-10(7-12-5-1)8-14-9-11-4-2-6-13-11/h1,3,5,7,11,13H,2,4,6,8-9H2/t11-/m0/s1. The van der Waals surface area contributed by atoms with Crippen LogP contribution in [-0.4, -0.2) is 24.2 Å². The fourth-order valence-electron chi connectivity index (χ4n) is 1.70. The van der Waals surface area contributed by atoms with Crippen molar-refractivity contribution in [2.45, 2.75) is 25.5 Å². The maximum atomic E-state index is 5.60. The first-order chi connectivity index (χ1) is 6.95. The number of ether oxygens (including phenoxy) is 1. The minimum Gasteiger partial charge on any atom is -0.375 e. The summed E-state index contributed by atoms with van der Waals surface area (Å²) in [7, 11) is 0. The van der Waals surface area contributed by atoms with Crippen LogP contribution in [0.25, 0.3) is 0 Å². The molecule has 1 atom stereocenters. The van der Waals surface area contributed by atoms with Gasteiger partial charge in [0.2, 0.25) is 0 Å². The van der Waals surface area contributed by atoms with Gasteiger partial charge in [-0.25, -0.2) is 0 Å². The van der Waals surface area contributed by atoms with E-state index >= 15 is 0 Å². The third-order valence-corrected chi connectivity index (χ3v) is 2.47. The zero-order valence-electron chi connectivity index (χ0n) is 8.28. The molecule has 1 aromatic rings. The van der Waals surface area contributed by atoms with E-state index in [2.05, 4.69) is 10.3 Å². The van der Waals surface area contributed by atoms with Gasteiger partial charge in [-0.1, -0.05) is 6.07 Å². The van der Waals surface area contributed by atoms with Crippen LogP contribution in [0.2, 0.25) is 0 Å². The normalized spacial score (nSPS) is 21.3. The Labute approximate surface area is 84.5 Å². The molecule has 0 amide bonds. The molecule has 0 saturated carbocycles. The van der Waals surface area contributed by atoms with Crippen molar-refractivity contribution in [1.29, 1.82) is 0 Å². The summed E-state index contributed by atoms with van der Waals surface area (Å²) < 4.78 is 5.60. The molecular weight excluding hydrogens is 176 g/mol. The largest absolute Gasteiger partial charge is 0.375 e. The van der Waals surface area contributed by atoms with E-state index in [0.29, 0.717) is 12.6 Å². The second kappa shape index (κ2) is 5.08. The number of rotatable bonds is 4. The Hall–Kier alpha value is -0.930. The highest BCUT2D eigenvalue weighted by atomic mass is 16.5. The minimum absolute atomic E-state index is 0.562. The average Bonchev–Trinajstić information content (AvgIpc) is 2.72. The first-order valence-corrected chi connectivity index (χ1v) is 5.15. The summed E-state index contributed by atoms with van der Waals surface area (Å²) in [6, 6.07) is 4.54. The van der Waals surface area contributed by atoms with Crippen LogP contribution in [0.15, 0.2) is 24.5 Å². The zero-order chi connectivity index (χ0) is 9.64. The Kier molecular flexibility index (Phi) is 3.49. The smallest absolute Gasteiger partial charge is 0.0732 e. The molecule has 0 bridgehead atoms. The van der Waals surface area contributed by atoms with Gasteiger partial charge in [0.05, 0.1) is 13.2 Å². The molecule has 0 aromatic carbocycles. The highest BCUT2D eigenvalue weighted by Crippen LogP contribution is 2.06. The van der Waals surface area contributed by atoms with Gasteiger partial charge >= 0.3 is 0 Å². The molecule has 1 aromatic heterocycles. The molecule has 0 spiro atoms. The zero-order valence-corrected chi connectivity index (χ0v) is 8.28. The van der Waals surface area contributed by atoms with Crippen molar-refractivity contribution in [3.63, 3.8) is 0 Å². The first-order valence-electron chi connectivity index (χ1n) is 5.15. The Balaban J connectivity index is 1.67. The van der Waals surface area contributed by atoms with E-state index in [1.807, 2.05) is 18.3 Å². The lowest BCUT2D eigenvalue weighted by atomic mass is 10.2. The van der Waals surface area contributed by atoms with Crippen LogP contribution in [0.4, 0.5) is 0 Å². The topological polar surface area (TPSA) is 34.1 Å². The quantitative estimate of drug-likeness (QED) is 0.782. The van der Waals surface area contributed by atoms with Crippen molar-refractivity contribution in [2.24, 2.45) is 0 Å². The molecule has 1 N–H and O–H groups in total. The van der Waals surface area contributed by atoms with E-state index < -0.39 is 0 Å². The number of nitrogens with one attached hydrogen (secondary N) is 1. The predicted octanol–water partition coefficient (Wildman–Crippen LogP) is 1.35. The van der Waals surface area contributed by atoms with Crippen molar-refractivity contribution in [2.75, 3.05) is 13.2 Å². The molecule has 76 valence electrons. The highest BCUT2D eigenvalue weighted by molar-refractivity contribution is 5.06. The summed E-state index contributed by atoms with van der Waals surface area (Å²) in [5.41, 5.74) is 1.14. The summed E-state index contributed by atoms with van der Waals surface area (Å²) in [6.07, 6.45) is 6.15. The third kappa shape index (κ3) is 2.79. The van der Waals surface area contributed by atoms with Gasteiger partial charge in [0.1, 0.15) is 0 Å². The maximum Gasteiger partial charge on any atom is 0.0732 e. The Morgan fingerprint density at radius 2 is 2.57 bits per heavy atom. The van der Waals surface area contributed by atoms with Crippen LogP contribution in [0.3, 0.4) is 0 Å². The highest BCUT2D eigenvalue weighted by Gasteiger charge is 2.13. The van der Waals surface area contributed by atoms with Crippen LogP contribution in [0.5, 0.6) is 0 Å². The van der Waals surface area contributed by atoms with Crippen LogP contribution < -0.4 is 5.32 Å².